The van der Waals surface area contributed by atoms with Crippen LogP contribution in [-0.4, -0.2) is 102 Å². The molecule has 0 aromatic carbocycles. The highest BCUT2D eigenvalue weighted by atomic mass is 32.2. The molecule has 0 saturated heterocycles. The van der Waals surface area contributed by atoms with Gasteiger partial charge in [0.15, 0.2) is 5.60 Å². The highest BCUT2D eigenvalue weighted by molar-refractivity contribution is 7.98. The van der Waals surface area contributed by atoms with Gasteiger partial charge >= 0.3 is 17.9 Å². The molecule has 0 rings (SSSR count). The Hall–Kier alpha value is -1.69. The summed E-state index contributed by atoms with van der Waals surface area (Å²) in [5.74, 6) is -1.49. The first-order chi connectivity index (χ1) is 18.2. The summed E-state index contributed by atoms with van der Waals surface area (Å²) in [5.41, 5.74) is 4.29. The van der Waals surface area contributed by atoms with Crippen molar-refractivity contribution in [3.05, 3.63) is 0 Å². The van der Waals surface area contributed by atoms with E-state index in [2.05, 4.69) is 16.4 Å². The average Bonchev–Trinajstić information content (AvgIpc) is 2.92. The van der Waals surface area contributed by atoms with Crippen molar-refractivity contribution in [3.8, 4) is 0 Å². The molecule has 0 radical (unpaired) electrons. The highest BCUT2D eigenvalue weighted by Gasteiger charge is 2.42. The van der Waals surface area contributed by atoms with Crippen LogP contribution < -0.4 is 16.4 Å². The predicted molar refractivity (Wildman–Crippen MR) is 145 cm³/mol. The number of nitrogens with one attached hydrogen (secondary N) is 3. The second kappa shape index (κ2) is 22.2. The first-order valence-corrected chi connectivity index (χ1v) is 15.8. The molecule has 0 heterocycles. The van der Waals surface area contributed by atoms with E-state index in [9.17, 15) is 33.9 Å². The molecule has 4 N–H and O–H groups in total. The van der Waals surface area contributed by atoms with Crippen molar-refractivity contribution in [2.45, 2.75) is 62.3 Å². The Bertz CT molecular complexity index is 749. The molecule has 0 unspecified atom stereocenters. The quantitative estimate of drug-likeness (QED) is 0.0658. The van der Waals surface area contributed by atoms with Gasteiger partial charge < -0.3 is 34.0 Å². The Morgan fingerprint density at radius 2 is 1.13 bits per heavy atom. The zero-order valence-corrected chi connectivity index (χ0v) is 24.1. The van der Waals surface area contributed by atoms with E-state index >= 15 is 0 Å². The number of rotatable bonds is 24. The summed E-state index contributed by atoms with van der Waals surface area (Å²) in [7, 11) is 0. The second-order valence-corrected chi connectivity index (χ2v) is 10.9. The van der Waals surface area contributed by atoms with Crippen molar-refractivity contribution in [2.24, 2.45) is 0 Å². The lowest BCUT2D eigenvalue weighted by Crippen LogP contribution is -2.48. The van der Waals surface area contributed by atoms with E-state index in [1.54, 1.807) is 0 Å². The van der Waals surface area contributed by atoms with Crippen LogP contribution in [0.5, 0.6) is 0 Å². The SMILES string of the molecule is CSCC[C@H](C=O)NOC(=O)CC[C@@](O)(CC(=O)ON[C@@H](C=O)CCSC)C(=O)ON[C@@H](C=O)CCSC. The van der Waals surface area contributed by atoms with Crippen molar-refractivity contribution in [2.75, 3.05) is 36.0 Å². The van der Waals surface area contributed by atoms with Crippen molar-refractivity contribution in [3.63, 3.8) is 0 Å². The molecule has 0 aromatic rings. The highest BCUT2D eigenvalue weighted by Crippen LogP contribution is 2.21. The van der Waals surface area contributed by atoms with Gasteiger partial charge in [0.2, 0.25) is 0 Å². The van der Waals surface area contributed by atoms with Crippen LogP contribution >= 0.6 is 35.3 Å². The molecular formula is C22H37N3O10S3. The molecule has 0 aliphatic rings. The fraction of sp³-hybridized carbons (Fsp3) is 0.727. The summed E-state index contributed by atoms with van der Waals surface area (Å²) < 4.78 is 0. The van der Waals surface area contributed by atoms with Crippen LogP contribution in [-0.2, 0) is 43.3 Å². The maximum absolute atomic E-state index is 12.7. The van der Waals surface area contributed by atoms with Crippen molar-refractivity contribution < 1.29 is 48.4 Å². The third-order valence-electron chi connectivity index (χ3n) is 4.90. The maximum atomic E-state index is 12.7. The van der Waals surface area contributed by atoms with Crippen LogP contribution in [0.1, 0.15) is 38.5 Å². The number of aliphatic hydroxyl groups is 1. The molecule has 0 bridgehead atoms. The van der Waals surface area contributed by atoms with Crippen molar-refractivity contribution in [1.29, 1.82) is 0 Å². The van der Waals surface area contributed by atoms with Crippen LogP contribution in [0.15, 0.2) is 0 Å². The Labute approximate surface area is 234 Å². The lowest BCUT2D eigenvalue weighted by molar-refractivity contribution is -0.184. The van der Waals surface area contributed by atoms with Gasteiger partial charge in [-0.3, -0.25) is 9.59 Å². The Kier molecular flexibility index (Phi) is 21.2. The molecule has 0 aliphatic carbocycles. The van der Waals surface area contributed by atoms with Crippen molar-refractivity contribution >= 4 is 72.1 Å². The first kappa shape index (κ1) is 36.3. The Morgan fingerprint density at radius 3 is 1.53 bits per heavy atom. The number of hydrogen-bond donors (Lipinski definition) is 4. The summed E-state index contributed by atoms with van der Waals surface area (Å²) in [5, 5.41) is 11.0. The van der Waals surface area contributed by atoms with E-state index < -0.39 is 60.9 Å². The van der Waals surface area contributed by atoms with Crippen LogP contribution in [0.3, 0.4) is 0 Å². The molecular weight excluding hydrogens is 562 g/mol. The molecule has 4 atom stereocenters. The van der Waals surface area contributed by atoms with Gasteiger partial charge in [-0.2, -0.15) is 35.3 Å². The summed E-state index contributed by atoms with van der Waals surface area (Å²) in [6.07, 6.45) is 6.21. The van der Waals surface area contributed by atoms with Gasteiger partial charge in [-0.15, -0.1) is 16.4 Å². The number of hydrogen-bond acceptors (Lipinski definition) is 16. The smallest absolute Gasteiger partial charge is 0.357 e. The largest absolute Gasteiger partial charge is 0.378 e. The minimum absolute atomic E-state index is 0.331. The van der Waals surface area contributed by atoms with Gasteiger partial charge in [-0.05, 0) is 61.7 Å². The van der Waals surface area contributed by atoms with E-state index in [1.165, 1.54) is 35.3 Å². The molecule has 0 spiro atoms. The van der Waals surface area contributed by atoms with Gasteiger partial charge in [0.25, 0.3) is 0 Å². The van der Waals surface area contributed by atoms with E-state index in [0.717, 1.165) is 0 Å². The normalized spacial score (nSPS) is 14.8. The molecule has 0 aliphatic heterocycles. The summed E-state index contributed by atoms with van der Waals surface area (Å²) in [4.78, 5) is 85.2. The molecule has 38 heavy (non-hydrogen) atoms. The summed E-state index contributed by atoms with van der Waals surface area (Å²) in [6, 6.07) is -2.39. The maximum Gasteiger partial charge on any atom is 0.357 e. The van der Waals surface area contributed by atoms with Gasteiger partial charge in [0.1, 0.15) is 18.9 Å². The molecule has 0 fully saturated rings. The lowest BCUT2D eigenvalue weighted by atomic mass is 9.94. The molecule has 16 heteroatoms. The lowest BCUT2D eigenvalue weighted by Gasteiger charge is -2.25. The van der Waals surface area contributed by atoms with Crippen LogP contribution in [0.2, 0.25) is 0 Å². The van der Waals surface area contributed by atoms with E-state index in [4.69, 9.17) is 14.5 Å². The zero-order valence-electron chi connectivity index (χ0n) is 21.7. The molecule has 0 saturated carbocycles. The van der Waals surface area contributed by atoms with E-state index in [-0.39, 0.29) is 0 Å². The Balaban J connectivity index is 5.24. The van der Waals surface area contributed by atoms with E-state index in [0.29, 0.717) is 55.4 Å². The van der Waals surface area contributed by atoms with Gasteiger partial charge in [-0.25, -0.2) is 4.79 Å². The summed E-state index contributed by atoms with van der Waals surface area (Å²) >= 11 is 4.46. The standard InChI is InChI=1S/C22H37N3O10S3/c1-36-9-5-16(13-26)23-33-19(29)4-8-22(32,21(31)35-25-18(15-28)7-11-38-3)12-20(30)34-24-17(14-27)6-10-37-2/h13-18,23-25,32H,4-12H2,1-3H3/t16-,17-,18-,22-/m1/s1. The van der Waals surface area contributed by atoms with Gasteiger partial charge in [-0.1, -0.05) is 0 Å². The molecule has 13 nitrogen and oxygen atoms in total. The second-order valence-electron chi connectivity index (χ2n) is 7.97. The monoisotopic (exact) mass is 599 g/mol. The molecule has 218 valence electrons. The third-order valence-corrected chi connectivity index (χ3v) is 6.83. The fourth-order valence-corrected chi connectivity index (χ4v) is 4.07. The fourth-order valence-electron chi connectivity index (χ4n) is 2.60. The van der Waals surface area contributed by atoms with Gasteiger partial charge in [0, 0.05) is 0 Å². The number of thioether (sulfide) groups is 3. The number of aldehydes is 3. The Morgan fingerprint density at radius 1 is 0.737 bits per heavy atom. The van der Waals surface area contributed by atoms with E-state index in [1.807, 2.05) is 18.8 Å². The third kappa shape index (κ3) is 16.3. The van der Waals surface area contributed by atoms with Gasteiger partial charge in [0.05, 0.1) is 31.0 Å². The first-order valence-electron chi connectivity index (χ1n) is 11.6. The van der Waals surface area contributed by atoms with Crippen LogP contribution in [0.25, 0.3) is 0 Å². The molecule has 0 aromatic heterocycles. The number of carbonyl (C=O) groups excluding carboxylic acids is 6. The molecule has 0 amide bonds. The summed E-state index contributed by atoms with van der Waals surface area (Å²) in [6.45, 7) is 0. The minimum Gasteiger partial charge on any atom is -0.378 e. The van der Waals surface area contributed by atoms with Crippen molar-refractivity contribution in [1.82, 2.24) is 16.4 Å². The number of hydroxylamine groups is 3. The van der Waals surface area contributed by atoms with Crippen LogP contribution in [0.4, 0.5) is 0 Å². The number of carbonyl (C=O) groups is 6. The zero-order chi connectivity index (χ0) is 28.8. The van der Waals surface area contributed by atoms with Crippen LogP contribution in [0, 0.1) is 0 Å². The predicted octanol–water partition coefficient (Wildman–Crippen LogP) is -0.00700. The minimum atomic E-state index is -2.55. The average molecular weight is 600 g/mol. The topological polar surface area (TPSA) is 186 Å².